The van der Waals surface area contributed by atoms with Crippen molar-refractivity contribution in [3.05, 3.63) is 11.6 Å². The van der Waals surface area contributed by atoms with Crippen LogP contribution in [0.3, 0.4) is 0 Å². The van der Waals surface area contributed by atoms with Gasteiger partial charge in [0.05, 0.1) is 12.5 Å². The van der Waals surface area contributed by atoms with Gasteiger partial charge in [-0.05, 0) is 67.6 Å². The van der Waals surface area contributed by atoms with Crippen LogP contribution >= 0.6 is 0 Å². The summed E-state index contributed by atoms with van der Waals surface area (Å²) in [5.74, 6) is -0.465. The zero-order valence-corrected chi connectivity index (χ0v) is 21.2. The van der Waals surface area contributed by atoms with Gasteiger partial charge in [0.2, 0.25) is 0 Å². The van der Waals surface area contributed by atoms with Crippen LogP contribution in [0.25, 0.3) is 0 Å². The molecule has 4 aliphatic rings. The second kappa shape index (κ2) is 7.88. The quantitative estimate of drug-likeness (QED) is 0.434. The monoisotopic (exact) mass is 456 g/mol. The number of hydrogen-bond acceptors (Lipinski definition) is 5. The highest BCUT2D eigenvalue weighted by atomic mass is 16.5. The fourth-order valence-electron chi connectivity index (χ4n) is 9.21. The second-order valence-corrected chi connectivity index (χ2v) is 12.5. The molecule has 0 spiro atoms. The van der Waals surface area contributed by atoms with Gasteiger partial charge in [0, 0.05) is 29.7 Å². The van der Waals surface area contributed by atoms with Crippen LogP contribution < -0.4 is 0 Å². The Bertz CT molecular complexity index is 915. The molecule has 182 valence electrons. The minimum atomic E-state index is -0.859. The molecule has 0 aromatic rings. The molecule has 0 aromatic carbocycles. The first-order valence-electron chi connectivity index (χ1n) is 12.7. The van der Waals surface area contributed by atoms with E-state index in [2.05, 4.69) is 20.8 Å². The lowest BCUT2D eigenvalue weighted by Crippen LogP contribution is -2.67. The fourth-order valence-corrected chi connectivity index (χ4v) is 9.21. The van der Waals surface area contributed by atoms with Crippen LogP contribution in [-0.2, 0) is 23.9 Å². The van der Waals surface area contributed by atoms with Crippen molar-refractivity contribution in [1.29, 1.82) is 0 Å². The molecule has 0 bridgehead atoms. The van der Waals surface area contributed by atoms with Gasteiger partial charge in [-0.1, -0.05) is 40.2 Å². The molecule has 0 amide bonds. The SMILES string of the molecule is CC(=O)OCC12CCCC(C)(C)C1CCC1(C)C2CC(=O)C2(C)C(C=O)C(C(C)=O)=CCC12. The number of carbonyl (C=O) groups excluding carboxylic acids is 4. The Balaban J connectivity index is 1.84. The molecule has 3 fully saturated rings. The van der Waals surface area contributed by atoms with Crippen molar-refractivity contribution >= 4 is 23.8 Å². The molecule has 0 aliphatic heterocycles. The summed E-state index contributed by atoms with van der Waals surface area (Å²) >= 11 is 0. The third-order valence-corrected chi connectivity index (χ3v) is 10.7. The van der Waals surface area contributed by atoms with E-state index in [-0.39, 0.29) is 45.6 Å². The lowest BCUT2D eigenvalue weighted by atomic mass is 9.34. The first-order valence-corrected chi connectivity index (χ1v) is 12.7. The summed E-state index contributed by atoms with van der Waals surface area (Å²) in [5.41, 5.74) is -0.613. The Labute approximate surface area is 198 Å². The van der Waals surface area contributed by atoms with E-state index in [0.29, 0.717) is 30.9 Å². The molecule has 7 unspecified atom stereocenters. The Morgan fingerprint density at radius 1 is 1.06 bits per heavy atom. The van der Waals surface area contributed by atoms with Crippen molar-refractivity contribution in [2.24, 2.45) is 45.3 Å². The predicted octanol–water partition coefficient (Wildman–Crippen LogP) is 5.11. The van der Waals surface area contributed by atoms with Crippen LogP contribution in [0.5, 0.6) is 0 Å². The summed E-state index contributed by atoms with van der Waals surface area (Å²) in [7, 11) is 0. The highest BCUT2D eigenvalue weighted by molar-refractivity contribution is 6.01. The van der Waals surface area contributed by atoms with E-state index in [0.717, 1.165) is 38.4 Å². The summed E-state index contributed by atoms with van der Waals surface area (Å²) in [6.07, 6.45) is 9.03. The van der Waals surface area contributed by atoms with Crippen molar-refractivity contribution < 1.29 is 23.9 Å². The molecule has 0 radical (unpaired) electrons. The number of aldehydes is 1. The van der Waals surface area contributed by atoms with Gasteiger partial charge in [-0.25, -0.2) is 0 Å². The van der Waals surface area contributed by atoms with Gasteiger partial charge in [-0.3, -0.25) is 14.4 Å². The number of ether oxygens (including phenoxy) is 1. The van der Waals surface area contributed by atoms with E-state index in [9.17, 15) is 19.2 Å². The Morgan fingerprint density at radius 3 is 2.36 bits per heavy atom. The van der Waals surface area contributed by atoms with Crippen molar-refractivity contribution in [3.8, 4) is 0 Å². The van der Waals surface area contributed by atoms with Gasteiger partial charge in [0.25, 0.3) is 0 Å². The van der Waals surface area contributed by atoms with E-state index in [4.69, 9.17) is 4.74 Å². The summed E-state index contributed by atoms with van der Waals surface area (Å²) in [5, 5.41) is 0. The third kappa shape index (κ3) is 3.31. The van der Waals surface area contributed by atoms with Crippen molar-refractivity contribution in [2.45, 2.75) is 86.5 Å². The molecule has 4 rings (SSSR count). The van der Waals surface area contributed by atoms with Crippen LogP contribution in [0, 0.1) is 45.3 Å². The Hall–Kier alpha value is -1.78. The molecule has 5 heteroatoms. The third-order valence-electron chi connectivity index (χ3n) is 10.7. The number of hydrogen-bond donors (Lipinski definition) is 0. The highest BCUT2D eigenvalue weighted by Crippen LogP contribution is 2.72. The maximum absolute atomic E-state index is 14.0. The number of esters is 1. The smallest absolute Gasteiger partial charge is 0.302 e. The highest BCUT2D eigenvalue weighted by Gasteiger charge is 2.69. The van der Waals surface area contributed by atoms with Crippen LogP contribution in [0.15, 0.2) is 11.6 Å². The van der Waals surface area contributed by atoms with Gasteiger partial charge in [0.1, 0.15) is 12.1 Å². The fraction of sp³-hybridized carbons (Fsp3) is 0.786. The number of ketones is 2. The molecule has 33 heavy (non-hydrogen) atoms. The maximum Gasteiger partial charge on any atom is 0.302 e. The summed E-state index contributed by atoms with van der Waals surface area (Å²) < 4.78 is 5.75. The molecule has 4 aliphatic carbocycles. The van der Waals surface area contributed by atoms with Gasteiger partial charge in [-0.2, -0.15) is 0 Å². The molecule has 0 N–H and O–H groups in total. The number of Topliss-reactive ketones (excluding diaryl/α,β-unsaturated/α-hetero) is 2. The van der Waals surface area contributed by atoms with Crippen molar-refractivity contribution in [1.82, 2.24) is 0 Å². The second-order valence-electron chi connectivity index (χ2n) is 12.5. The minimum absolute atomic E-state index is 0.00487. The van der Waals surface area contributed by atoms with Gasteiger partial charge in [0.15, 0.2) is 5.78 Å². The predicted molar refractivity (Wildman–Crippen MR) is 125 cm³/mol. The zero-order chi connectivity index (χ0) is 24.4. The minimum Gasteiger partial charge on any atom is -0.465 e. The van der Waals surface area contributed by atoms with Crippen LogP contribution in [0.1, 0.15) is 86.5 Å². The molecular weight excluding hydrogens is 416 g/mol. The number of fused-ring (bicyclic) bond motifs is 5. The maximum atomic E-state index is 14.0. The summed E-state index contributed by atoms with van der Waals surface area (Å²) in [6.45, 7) is 12.3. The normalized spacial score (nSPS) is 43.9. The van der Waals surface area contributed by atoms with Crippen LogP contribution in [0.4, 0.5) is 0 Å². The average Bonchev–Trinajstić information content (AvgIpc) is 2.72. The average molecular weight is 457 g/mol. The largest absolute Gasteiger partial charge is 0.465 e. The molecule has 7 atom stereocenters. The number of rotatable bonds is 4. The van der Waals surface area contributed by atoms with Gasteiger partial charge in [-0.15, -0.1) is 0 Å². The van der Waals surface area contributed by atoms with E-state index < -0.39 is 11.3 Å². The zero-order valence-electron chi connectivity index (χ0n) is 21.2. The molecule has 0 heterocycles. The lowest BCUT2D eigenvalue weighted by Gasteiger charge is -2.69. The van der Waals surface area contributed by atoms with Crippen LogP contribution in [-0.4, -0.2) is 30.4 Å². The summed E-state index contributed by atoms with van der Waals surface area (Å²) in [4.78, 5) is 50.5. The standard InChI is InChI=1S/C28H40O5/c1-17(30)19-8-9-22-26(5)13-10-21-25(3,4)11-7-12-28(21,16-33-18(2)31)23(26)14-24(32)27(22,6)20(19)15-29/h8,15,20-23H,7,9-14,16H2,1-6H3. The Kier molecular flexibility index (Phi) is 5.81. The van der Waals surface area contributed by atoms with Crippen molar-refractivity contribution in [2.75, 3.05) is 6.61 Å². The summed E-state index contributed by atoms with van der Waals surface area (Å²) in [6, 6.07) is 0. The first-order chi connectivity index (χ1) is 15.3. The van der Waals surface area contributed by atoms with E-state index in [1.54, 1.807) is 0 Å². The van der Waals surface area contributed by atoms with E-state index in [1.807, 2.05) is 13.0 Å². The van der Waals surface area contributed by atoms with Gasteiger partial charge < -0.3 is 9.53 Å². The van der Waals surface area contributed by atoms with Crippen molar-refractivity contribution in [3.63, 3.8) is 0 Å². The van der Waals surface area contributed by atoms with E-state index in [1.165, 1.54) is 13.8 Å². The topological polar surface area (TPSA) is 77.5 Å². The first kappa shape index (κ1) is 24.3. The molecule has 0 aromatic heterocycles. The lowest BCUT2D eigenvalue weighted by molar-refractivity contribution is -0.217. The molecule has 0 saturated heterocycles. The van der Waals surface area contributed by atoms with Crippen LogP contribution in [0.2, 0.25) is 0 Å². The number of carbonyl (C=O) groups is 4. The molecule has 3 saturated carbocycles. The Morgan fingerprint density at radius 2 is 1.76 bits per heavy atom. The van der Waals surface area contributed by atoms with E-state index >= 15 is 0 Å². The molecule has 5 nitrogen and oxygen atoms in total. The molecular formula is C28H40O5. The van der Waals surface area contributed by atoms with Gasteiger partial charge >= 0.3 is 5.97 Å². The number of allylic oxidation sites excluding steroid dienone is 2.